The van der Waals surface area contributed by atoms with Crippen molar-refractivity contribution in [3.63, 3.8) is 0 Å². The third kappa shape index (κ3) is 2.37. The van der Waals surface area contributed by atoms with Gasteiger partial charge in [-0.25, -0.2) is 9.18 Å². The third-order valence-electron chi connectivity index (χ3n) is 5.53. The second kappa shape index (κ2) is 6.13. The minimum absolute atomic E-state index is 0.184. The summed E-state index contributed by atoms with van der Waals surface area (Å²) in [5.41, 5.74) is 2.06. The number of H-pyrrole nitrogens is 1. The molecule has 2 heterocycles. The van der Waals surface area contributed by atoms with Crippen molar-refractivity contribution in [3.8, 4) is 0 Å². The number of ketones is 1. The molecule has 2 aromatic carbocycles. The van der Waals surface area contributed by atoms with Crippen molar-refractivity contribution < 1.29 is 9.18 Å². The van der Waals surface area contributed by atoms with Crippen molar-refractivity contribution in [1.82, 2.24) is 9.55 Å². The van der Waals surface area contributed by atoms with Gasteiger partial charge in [-0.05, 0) is 24.6 Å². The predicted molar refractivity (Wildman–Crippen MR) is 107 cm³/mol. The van der Waals surface area contributed by atoms with Gasteiger partial charge >= 0.3 is 5.69 Å². The molecule has 0 saturated heterocycles. The normalized spacial score (nSPS) is 16.9. The smallest absolute Gasteiger partial charge is 0.329 e. The SMILES string of the molecule is CCn1c2c(c(=O)[nH]c1=O)[C@@H](c1ccc(F)cc1)C1=C(N2)c2ccccc2C1=O. The van der Waals surface area contributed by atoms with E-state index in [4.69, 9.17) is 0 Å². The fourth-order valence-electron chi connectivity index (χ4n) is 4.25. The molecule has 0 spiro atoms. The molecule has 6 nitrogen and oxygen atoms in total. The van der Waals surface area contributed by atoms with Crippen LogP contribution in [0.5, 0.6) is 0 Å². The van der Waals surface area contributed by atoms with E-state index >= 15 is 0 Å². The van der Waals surface area contributed by atoms with Gasteiger partial charge < -0.3 is 5.32 Å². The summed E-state index contributed by atoms with van der Waals surface area (Å²) in [7, 11) is 0. The van der Waals surface area contributed by atoms with Gasteiger partial charge in [-0.15, -0.1) is 0 Å². The number of aromatic nitrogens is 2. The van der Waals surface area contributed by atoms with Gasteiger partial charge in [-0.3, -0.25) is 19.1 Å². The van der Waals surface area contributed by atoms with E-state index in [9.17, 15) is 18.8 Å². The minimum Gasteiger partial charge on any atom is -0.340 e. The number of hydrogen-bond donors (Lipinski definition) is 2. The average Bonchev–Trinajstić information content (AvgIpc) is 3.00. The lowest BCUT2D eigenvalue weighted by Gasteiger charge is -2.29. The number of nitrogens with zero attached hydrogens (tertiary/aromatic N) is 1. The molecule has 0 saturated carbocycles. The summed E-state index contributed by atoms with van der Waals surface area (Å²) in [5.74, 6) is -0.954. The number of fused-ring (bicyclic) bond motifs is 3. The van der Waals surface area contributed by atoms with Crippen molar-refractivity contribution in [1.29, 1.82) is 0 Å². The first-order chi connectivity index (χ1) is 14.0. The largest absolute Gasteiger partial charge is 0.340 e. The highest BCUT2D eigenvalue weighted by Crippen LogP contribution is 2.47. The summed E-state index contributed by atoms with van der Waals surface area (Å²) >= 11 is 0. The monoisotopic (exact) mass is 389 g/mol. The molecule has 1 aliphatic carbocycles. The van der Waals surface area contributed by atoms with Gasteiger partial charge in [0.05, 0.1) is 11.3 Å². The molecule has 2 N–H and O–H groups in total. The van der Waals surface area contributed by atoms with Crippen LogP contribution in [0.2, 0.25) is 0 Å². The second-order valence-corrected chi connectivity index (χ2v) is 7.04. The van der Waals surface area contributed by atoms with Crippen LogP contribution in [0, 0.1) is 5.82 Å². The number of carbonyl (C=O) groups excluding carboxylic acids is 1. The van der Waals surface area contributed by atoms with Crippen LogP contribution in [0.15, 0.2) is 63.7 Å². The number of anilines is 1. The Morgan fingerprint density at radius 3 is 2.38 bits per heavy atom. The zero-order valence-corrected chi connectivity index (χ0v) is 15.5. The number of hydrogen-bond acceptors (Lipinski definition) is 4. The molecule has 0 amide bonds. The number of Topliss-reactive ketones (excluding diaryl/α,β-unsaturated/α-hetero) is 1. The van der Waals surface area contributed by atoms with E-state index in [-0.39, 0.29) is 11.3 Å². The first-order valence-electron chi connectivity index (χ1n) is 9.29. The highest BCUT2D eigenvalue weighted by Gasteiger charge is 2.42. The van der Waals surface area contributed by atoms with Gasteiger partial charge in [-0.1, -0.05) is 36.4 Å². The van der Waals surface area contributed by atoms with Crippen LogP contribution in [0.1, 0.15) is 39.9 Å². The van der Waals surface area contributed by atoms with Crippen LogP contribution in [-0.4, -0.2) is 15.3 Å². The summed E-state index contributed by atoms with van der Waals surface area (Å²) in [6.07, 6.45) is 0. The summed E-state index contributed by atoms with van der Waals surface area (Å²) in [6.45, 7) is 2.13. The maximum absolute atomic E-state index is 13.6. The van der Waals surface area contributed by atoms with Gasteiger partial charge in [0, 0.05) is 29.2 Å². The molecule has 1 aromatic heterocycles. The summed E-state index contributed by atoms with van der Waals surface area (Å²) < 4.78 is 15.0. The predicted octanol–water partition coefficient (Wildman–Crippen LogP) is 2.86. The molecule has 1 atom stereocenters. The highest BCUT2D eigenvalue weighted by molar-refractivity contribution is 6.23. The Morgan fingerprint density at radius 2 is 1.69 bits per heavy atom. The fraction of sp³-hybridized carbons (Fsp3) is 0.136. The second-order valence-electron chi connectivity index (χ2n) is 7.04. The van der Waals surface area contributed by atoms with Crippen LogP contribution in [-0.2, 0) is 6.54 Å². The Kier molecular flexibility index (Phi) is 3.67. The van der Waals surface area contributed by atoms with Crippen molar-refractivity contribution in [2.75, 3.05) is 5.32 Å². The maximum Gasteiger partial charge on any atom is 0.329 e. The number of rotatable bonds is 2. The molecule has 5 rings (SSSR count). The molecule has 1 aliphatic heterocycles. The molecular formula is C22H16FN3O3. The number of nitrogens with one attached hydrogen (secondary N) is 2. The zero-order chi connectivity index (χ0) is 20.3. The van der Waals surface area contributed by atoms with Crippen molar-refractivity contribution in [3.05, 3.63) is 103 Å². The first kappa shape index (κ1) is 17.4. The van der Waals surface area contributed by atoms with Crippen molar-refractivity contribution in [2.45, 2.75) is 19.4 Å². The number of allylic oxidation sites excluding steroid dienone is 1. The van der Waals surface area contributed by atoms with E-state index in [1.165, 1.54) is 16.7 Å². The van der Waals surface area contributed by atoms with E-state index in [1.54, 1.807) is 31.2 Å². The molecular weight excluding hydrogens is 373 g/mol. The summed E-state index contributed by atoms with van der Waals surface area (Å²) in [4.78, 5) is 40.8. The van der Waals surface area contributed by atoms with Crippen LogP contribution in [0.3, 0.4) is 0 Å². The third-order valence-corrected chi connectivity index (χ3v) is 5.53. The summed E-state index contributed by atoms with van der Waals surface area (Å²) in [5, 5.41) is 3.19. The molecule has 2 aliphatic rings. The molecule has 3 aromatic rings. The molecule has 0 unspecified atom stereocenters. The van der Waals surface area contributed by atoms with Crippen LogP contribution in [0.4, 0.5) is 10.2 Å². The Bertz CT molecular complexity index is 1330. The van der Waals surface area contributed by atoms with Crippen molar-refractivity contribution in [2.24, 2.45) is 0 Å². The van der Waals surface area contributed by atoms with Crippen LogP contribution >= 0.6 is 0 Å². The van der Waals surface area contributed by atoms with E-state index in [0.29, 0.717) is 34.8 Å². The number of carbonyl (C=O) groups is 1. The average molecular weight is 389 g/mol. The number of aromatic amines is 1. The quantitative estimate of drug-likeness (QED) is 0.706. The standard InChI is InChI=1S/C22H16FN3O3/c1-2-26-20-17(21(28)25-22(26)29)15(11-7-9-12(23)10-8-11)16-18(24-20)13-5-3-4-6-14(13)19(16)27/h3-10,15,24H,2H2,1H3,(H,25,28,29)/t15-/m0/s1. The van der Waals surface area contributed by atoms with E-state index in [0.717, 1.165) is 5.56 Å². The van der Waals surface area contributed by atoms with E-state index in [2.05, 4.69) is 10.3 Å². The zero-order valence-electron chi connectivity index (χ0n) is 15.5. The molecule has 0 fully saturated rings. The lowest BCUT2D eigenvalue weighted by Crippen LogP contribution is -2.38. The molecule has 0 radical (unpaired) electrons. The Balaban J connectivity index is 1.87. The van der Waals surface area contributed by atoms with Gasteiger partial charge in [0.15, 0.2) is 5.78 Å². The van der Waals surface area contributed by atoms with E-state index < -0.39 is 23.0 Å². The first-order valence-corrected chi connectivity index (χ1v) is 9.29. The Labute approximate surface area is 164 Å². The van der Waals surface area contributed by atoms with Crippen LogP contribution < -0.4 is 16.6 Å². The molecule has 29 heavy (non-hydrogen) atoms. The van der Waals surface area contributed by atoms with Crippen molar-refractivity contribution >= 4 is 17.3 Å². The van der Waals surface area contributed by atoms with E-state index in [1.807, 2.05) is 12.1 Å². The van der Waals surface area contributed by atoms with Crippen LogP contribution in [0.25, 0.3) is 5.70 Å². The lowest BCUT2D eigenvalue weighted by molar-refractivity contribution is 0.103. The molecule has 144 valence electrons. The Hall–Kier alpha value is -3.74. The number of halogens is 1. The summed E-state index contributed by atoms with van der Waals surface area (Å²) in [6, 6.07) is 12.9. The lowest BCUT2D eigenvalue weighted by atomic mass is 9.81. The number of benzene rings is 2. The van der Waals surface area contributed by atoms with Gasteiger partial charge in [0.2, 0.25) is 0 Å². The molecule has 7 heteroatoms. The molecule has 0 bridgehead atoms. The van der Waals surface area contributed by atoms with Gasteiger partial charge in [0.25, 0.3) is 5.56 Å². The minimum atomic E-state index is -0.719. The highest BCUT2D eigenvalue weighted by atomic mass is 19.1. The van der Waals surface area contributed by atoms with Gasteiger partial charge in [0.1, 0.15) is 11.6 Å². The topological polar surface area (TPSA) is 84.0 Å². The maximum atomic E-state index is 13.6. The van der Waals surface area contributed by atoms with Gasteiger partial charge in [-0.2, -0.15) is 0 Å². The Morgan fingerprint density at radius 1 is 1.00 bits per heavy atom. The fourth-order valence-corrected chi connectivity index (χ4v) is 4.25.